The zero-order valence-corrected chi connectivity index (χ0v) is 10.7. The lowest BCUT2D eigenvalue weighted by Crippen LogP contribution is -2.23. The molecule has 0 aliphatic heterocycles. The van der Waals surface area contributed by atoms with E-state index in [4.69, 9.17) is 9.63 Å². The van der Waals surface area contributed by atoms with E-state index in [1.165, 1.54) is 7.05 Å². The van der Waals surface area contributed by atoms with Gasteiger partial charge in [0.25, 0.3) is 5.91 Å². The number of carbonyl (C=O) groups excluding carboxylic acids is 3. The summed E-state index contributed by atoms with van der Waals surface area (Å²) in [6.07, 6.45) is 1.13. The van der Waals surface area contributed by atoms with Crippen LogP contribution in [0.5, 0.6) is 0 Å². The number of carbonyl (C=O) groups is 3. The molecule has 0 saturated heterocycles. The van der Waals surface area contributed by atoms with E-state index in [1.54, 1.807) is 0 Å². The van der Waals surface area contributed by atoms with Crippen molar-refractivity contribution in [2.24, 2.45) is 0 Å². The smallest absolute Gasteiger partial charge is 0.274 e. The van der Waals surface area contributed by atoms with Crippen LogP contribution in [0.25, 0.3) is 0 Å². The number of amides is 1. The Kier molecular flexibility index (Phi) is 3.82. The van der Waals surface area contributed by atoms with E-state index < -0.39 is 17.5 Å². The van der Waals surface area contributed by atoms with E-state index in [2.05, 4.69) is 10.5 Å². The molecule has 0 radical (unpaired) electrons. The van der Waals surface area contributed by atoms with Crippen LogP contribution in [0, 0.1) is 0 Å². The van der Waals surface area contributed by atoms with Gasteiger partial charge in [-0.2, -0.15) is 0 Å². The molecule has 0 unspecified atom stereocenters. The van der Waals surface area contributed by atoms with Crippen molar-refractivity contribution in [2.75, 3.05) is 19.4 Å². The van der Waals surface area contributed by atoms with Gasteiger partial charge in [-0.15, -0.1) is 11.8 Å². The predicted octanol–water partition coefficient (Wildman–Crippen LogP) is 0.0226. The number of thioether (sulfide) groups is 1. The maximum absolute atomic E-state index is 12.2. The van der Waals surface area contributed by atoms with Gasteiger partial charge in [-0.05, 0) is 0 Å². The molecular formula is C11H10N2O5S. The molecule has 2 N–H and O–H groups in total. The zero-order chi connectivity index (χ0) is 14.0. The third-order valence-electron chi connectivity index (χ3n) is 2.42. The predicted molar refractivity (Wildman–Crippen MR) is 66.2 cm³/mol. The number of rotatable bonds is 4. The first kappa shape index (κ1) is 13.5. The van der Waals surface area contributed by atoms with Gasteiger partial charge in [-0.25, -0.2) is 0 Å². The average molecular weight is 282 g/mol. The molecule has 1 aromatic rings. The van der Waals surface area contributed by atoms with Crippen LogP contribution >= 0.6 is 11.8 Å². The summed E-state index contributed by atoms with van der Waals surface area (Å²) in [6, 6.07) is 0. The molecule has 8 heteroatoms. The van der Waals surface area contributed by atoms with Gasteiger partial charge >= 0.3 is 0 Å². The summed E-state index contributed by atoms with van der Waals surface area (Å²) in [5.74, 6) is -1.55. The van der Waals surface area contributed by atoms with Crippen LogP contribution < -0.4 is 5.32 Å². The number of fused-ring (bicyclic) bond motifs is 1. The summed E-state index contributed by atoms with van der Waals surface area (Å²) in [6.45, 7) is -0.123. The number of aromatic nitrogens is 1. The normalized spacial score (nSPS) is 14.1. The van der Waals surface area contributed by atoms with Crippen molar-refractivity contribution < 1.29 is 24.0 Å². The number of allylic oxidation sites excluding steroid dienone is 2. The fourth-order valence-electron chi connectivity index (χ4n) is 1.58. The molecule has 0 spiro atoms. The van der Waals surface area contributed by atoms with Crippen molar-refractivity contribution in [1.82, 2.24) is 10.5 Å². The lowest BCUT2D eigenvalue weighted by atomic mass is 10.00. The number of Topliss-reactive ketones (excluding diaryl/α,β-unsaturated/α-hetero) is 1. The van der Waals surface area contributed by atoms with Crippen LogP contribution in [0.1, 0.15) is 31.4 Å². The van der Waals surface area contributed by atoms with Crippen LogP contribution in [-0.4, -0.2) is 47.1 Å². The number of hydrogen-bond acceptors (Lipinski definition) is 7. The lowest BCUT2D eigenvalue weighted by Gasteiger charge is -2.09. The molecule has 0 atom stereocenters. The third-order valence-corrected chi connectivity index (χ3v) is 3.42. The van der Waals surface area contributed by atoms with Gasteiger partial charge < -0.3 is 14.9 Å². The Balaban J connectivity index is 2.43. The first-order chi connectivity index (χ1) is 9.10. The first-order valence-electron chi connectivity index (χ1n) is 5.36. The molecule has 0 fully saturated rings. The second-order valence-electron chi connectivity index (χ2n) is 3.59. The minimum atomic E-state index is -0.598. The summed E-state index contributed by atoms with van der Waals surface area (Å²) in [5, 5.41) is 14.5. The van der Waals surface area contributed by atoms with Crippen LogP contribution in [0.4, 0.5) is 0 Å². The van der Waals surface area contributed by atoms with Gasteiger partial charge in [0.2, 0.25) is 17.3 Å². The zero-order valence-electron chi connectivity index (χ0n) is 9.93. The molecule has 1 amide bonds. The maximum atomic E-state index is 12.2. The van der Waals surface area contributed by atoms with Gasteiger partial charge in [0.15, 0.2) is 5.69 Å². The van der Waals surface area contributed by atoms with Crippen molar-refractivity contribution in [3.05, 3.63) is 28.0 Å². The molecule has 100 valence electrons. The molecule has 2 rings (SSSR count). The molecule has 1 heterocycles. The molecule has 1 aliphatic rings. The second-order valence-corrected chi connectivity index (χ2v) is 4.73. The minimum absolute atomic E-state index is 0.118. The Hall–Kier alpha value is -1.93. The third kappa shape index (κ3) is 2.32. The topological polar surface area (TPSA) is 110 Å². The highest BCUT2D eigenvalue weighted by Crippen LogP contribution is 2.30. The Morgan fingerprint density at radius 3 is 2.89 bits per heavy atom. The Morgan fingerprint density at radius 2 is 2.26 bits per heavy atom. The van der Waals surface area contributed by atoms with Gasteiger partial charge in [-0.3, -0.25) is 14.4 Å². The quantitative estimate of drug-likeness (QED) is 0.801. The van der Waals surface area contributed by atoms with E-state index in [1.807, 2.05) is 0 Å². The molecule has 7 nitrogen and oxygen atoms in total. The Bertz CT molecular complexity index is 590. The number of nitrogens with one attached hydrogen (secondary N) is 1. The van der Waals surface area contributed by atoms with E-state index >= 15 is 0 Å². The fraction of sp³-hybridized carbons (Fsp3) is 0.273. The van der Waals surface area contributed by atoms with E-state index in [-0.39, 0.29) is 34.3 Å². The number of aliphatic hydroxyl groups excluding tert-OH is 1. The SMILES string of the molecule is CNC(=O)c1noc2c1C(=O)C(SCCO)=CC2=O. The van der Waals surface area contributed by atoms with E-state index in [0.717, 1.165) is 17.8 Å². The second kappa shape index (κ2) is 5.37. The summed E-state index contributed by atoms with van der Waals surface area (Å²) in [7, 11) is 1.38. The highest BCUT2D eigenvalue weighted by atomic mass is 32.2. The average Bonchev–Trinajstić information content (AvgIpc) is 2.85. The summed E-state index contributed by atoms with van der Waals surface area (Å²) < 4.78 is 4.76. The van der Waals surface area contributed by atoms with E-state index in [9.17, 15) is 14.4 Å². The number of ketones is 2. The molecule has 1 aliphatic carbocycles. The number of aliphatic hydroxyl groups is 1. The number of hydrogen-bond donors (Lipinski definition) is 2. The van der Waals surface area contributed by atoms with Crippen LogP contribution in [0.15, 0.2) is 15.5 Å². The molecule has 1 aromatic heterocycles. The highest BCUT2D eigenvalue weighted by Gasteiger charge is 2.35. The highest BCUT2D eigenvalue weighted by molar-refractivity contribution is 8.04. The van der Waals surface area contributed by atoms with Crippen LogP contribution in [0.3, 0.4) is 0 Å². The monoisotopic (exact) mass is 282 g/mol. The Morgan fingerprint density at radius 1 is 1.53 bits per heavy atom. The van der Waals surface area contributed by atoms with Crippen molar-refractivity contribution in [1.29, 1.82) is 0 Å². The summed E-state index contributed by atoms with van der Waals surface area (Å²) in [4.78, 5) is 35.6. The van der Waals surface area contributed by atoms with Crippen molar-refractivity contribution >= 4 is 29.2 Å². The molecule has 0 bridgehead atoms. The van der Waals surface area contributed by atoms with E-state index in [0.29, 0.717) is 0 Å². The molecular weight excluding hydrogens is 272 g/mol. The van der Waals surface area contributed by atoms with Crippen molar-refractivity contribution in [3.8, 4) is 0 Å². The molecule has 19 heavy (non-hydrogen) atoms. The van der Waals surface area contributed by atoms with Crippen molar-refractivity contribution in [3.63, 3.8) is 0 Å². The minimum Gasteiger partial charge on any atom is -0.396 e. The van der Waals surface area contributed by atoms with Gasteiger partial charge in [0.1, 0.15) is 5.56 Å². The van der Waals surface area contributed by atoms with Crippen LogP contribution in [-0.2, 0) is 0 Å². The molecule has 0 aromatic carbocycles. The first-order valence-corrected chi connectivity index (χ1v) is 6.34. The van der Waals surface area contributed by atoms with Crippen LogP contribution in [0.2, 0.25) is 0 Å². The molecule has 0 saturated carbocycles. The van der Waals surface area contributed by atoms with Gasteiger partial charge in [-0.1, -0.05) is 5.16 Å². The lowest BCUT2D eigenvalue weighted by molar-refractivity contribution is 0.0944. The Labute approximate surface area is 112 Å². The largest absolute Gasteiger partial charge is 0.396 e. The fourth-order valence-corrected chi connectivity index (χ4v) is 2.31. The van der Waals surface area contributed by atoms with Gasteiger partial charge in [0.05, 0.1) is 11.5 Å². The van der Waals surface area contributed by atoms with Gasteiger partial charge in [0, 0.05) is 18.9 Å². The summed E-state index contributed by atoms with van der Waals surface area (Å²) >= 11 is 1.04. The number of nitrogens with zero attached hydrogens (tertiary/aromatic N) is 1. The standard InChI is InChI=1S/C11H10N2O5S/c1-12-11(17)8-7-9(16)6(19-3-2-14)4-5(15)10(7)18-13-8/h4,14H,2-3H2,1H3,(H,12,17). The van der Waals surface area contributed by atoms with Crippen molar-refractivity contribution in [2.45, 2.75) is 0 Å². The summed E-state index contributed by atoms with van der Waals surface area (Å²) in [5.41, 5.74) is -0.321. The maximum Gasteiger partial charge on any atom is 0.274 e.